The van der Waals surface area contributed by atoms with Crippen molar-refractivity contribution in [2.24, 2.45) is 10.2 Å². The molecule has 0 fully saturated rings. The molecule has 2 rings (SSSR count). The second-order valence-electron chi connectivity index (χ2n) is 4.04. The quantitative estimate of drug-likeness (QED) is 0.819. The second kappa shape index (κ2) is 5.30. The van der Waals surface area contributed by atoms with Crippen molar-refractivity contribution in [2.45, 2.75) is 6.92 Å². The highest BCUT2D eigenvalue weighted by Crippen LogP contribution is 2.25. The topological polar surface area (TPSA) is 82.2 Å². The lowest BCUT2D eigenvalue weighted by atomic mass is 10.2. The first kappa shape index (κ1) is 12.8. The van der Waals surface area contributed by atoms with E-state index in [1.807, 2.05) is 31.2 Å². The highest BCUT2D eigenvalue weighted by molar-refractivity contribution is 5.91. The number of aromatic carboxylic acids is 1. The van der Waals surface area contributed by atoms with Crippen molar-refractivity contribution < 1.29 is 15.0 Å². The summed E-state index contributed by atoms with van der Waals surface area (Å²) < 4.78 is 0. The average Bonchev–Trinajstić information content (AvgIpc) is 2.39. The first-order valence-electron chi connectivity index (χ1n) is 5.61. The molecule has 2 N–H and O–H groups in total. The molecular formula is C14H12N2O3. The third kappa shape index (κ3) is 3.16. The molecule has 5 nitrogen and oxygen atoms in total. The SMILES string of the molecule is Cc1ccc(/N=N/c2ccc(O)c(C(=O)O)c2)cc1. The number of aromatic hydroxyl groups is 1. The van der Waals surface area contributed by atoms with Crippen LogP contribution < -0.4 is 0 Å². The highest BCUT2D eigenvalue weighted by atomic mass is 16.4. The van der Waals surface area contributed by atoms with Gasteiger partial charge in [-0.1, -0.05) is 17.7 Å². The number of carboxylic acids is 1. The van der Waals surface area contributed by atoms with Crippen LogP contribution in [0.25, 0.3) is 0 Å². The van der Waals surface area contributed by atoms with Gasteiger partial charge >= 0.3 is 5.97 Å². The van der Waals surface area contributed by atoms with Gasteiger partial charge in [-0.15, -0.1) is 0 Å². The van der Waals surface area contributed by atoms with Gasteiger partial charge in [-0.3, -0.25) is 0 Å². The Hall–Kier alpha value is -2.69. The second-order valence-corrected chi connectivity index (χ2v) is 4.04. The molecule has 5 heteroatoms. The number of carboxylic acid groups (broad SMARTS) is 1. The van der Waals surface area contributed by atoms with Crippen molar-refractivity contribution in [3.63, 3.8) is 0 Å². The number of rotatable bonds is 3. The summed E-state index contributed by atoms with van der Waals surface area (Å²) in [4.78, 5) is 10.9. The van der Waals surface area contributed by atoms with Crippen molar-refractivity contribution in [1.29, 1.82) is 0 Å². The van der Waals surface area contributed by atoms with E-state index in [1.54, 1.807) is 0 Å². The summed E-state index contributed by atoms with van der Waals surface area (Å²) in [7, 11) is 0. The van der Waals surface area contributed by atoms with Crippen LogP contribution in [-0.2, 0) is 0 Å². The van der Waals surface area contributed by atoms with Gasteiger partial charge < -0.3 is 10.2 Å². The summed E-state index contributed by atoms with van der Waals surface area (Å²) in [5.74, 6) is -1.49. The molecule has 2 aromatic rings. The minimum atomic E-state index is -1.20. The molecule has 0 saturated carbocycles. The molecule has 0 aliphatic heterocycles. The van der Waals surface area contributed by atoms with Gasteiger partial charge in [0, 0.05) is 0 Å². The first-order chi connectivity index (χ1) is 9.06. The van der Waals surface area contributed by atoms with Crippen molar-refractivity contribution in [3.05, 3.63) is 53.6 Å². The maximum Gasteiger partial charge on any atom is 0.339 e. The number of phenols is 1. The van der Waals surface area contributed by atoms with E-state index in [4.69, 9.17) is 5.11 Å². The standard InChI is InChI=1S/C14H12N2O3/c1-9-2-4-10(5-3-9)15-16-11-6-7-13(17)12(8-11)14(18)19/h2-8,17H,1H3,(H,18,19)/b16-15+. The van der Waals surface area contributed by atoms with E-state index < -0.39 is 5.97 Å². The van der Waals surface area contributed by atoms with Gasteiger partial charge in [-0.2, -0.15) is 10.2 Å². The molecular weight excluding hydrogens is 244 g/mol. The molecule has 0 aromatic heterocycles. The number of nitrogens with zero attached hydrogens (tertiary/aromatic N) is 2. The molecule has 96 valence electrons. The third-order valence-corrected chi connectivity index (χ3v) is 2.53. The molecule has 0 aliphatic carbocycles. The Labute approximate surface area is 109 Å². The number of azo groups is 1. The lowest BCUT2D eigenvalue weighted by molar-refractivity contribution is 0.0694. The van der Waals surface area contributed by atoms with E-state index in [0.717, 1.165) is 5.56 Å². The Morgan fingerprint density at radius 1 is 1.00 bits per heavy atom. The van der Waals surface area contributed by atoms with Gasteiger partial charge in [0.05, 0.1) is 11.4 Å². The van der Waals surface area contributed by atoms with Crippen LogP contribution in [0.2, 0.25) is 0 Å². The van der Waals surface area contributed by atoms with Gasteiger partial charge in [-0.25, -0.2) is 4.79 Å². The van der Waals surface area contributed by atoms with Crippen LogP contribution in [0.4, 0.5) is 11.4 Å². The Morgan fingerprint density at radius 3 is 2.21 bits per heavy atom. The van der Waals surface area contributed by atoms with E-state index in [0.29, 0.717) is 11.4 Å². The molecule has 0 saturated heterocycles. The molecule has 2 aromatic carbocycles. The zero-order valence-corrected chi connectivity index (χ0v) is 10.2. The minimum absolute atomic E-state index is 0.194. The summed E-state index contributed by atoms with van der Waals surface area (Å²) >= 11 is 0. The molecule has 0 amide bonds. The van der Waals surface area contributed by atoms with E-state index in [1.165, 1.54) is 18.2 Å². The molecule has 0 unspecified atom stereocenters. The number of aryl methyl sites for hydroxylation is 1. The van der Waals surface area contributed by atoms with E-state index >= 15 is 0 Å². The van der Waals surface area contributed by atoms with Crippen LogP contribution in [0, 0.1) is 6.92 Å². The maximum atomic E-state index is 10.9. The Bertz CT molecular complexity index is 634. The molecule has 0 bridgehead atoms. The average molecular weight is 256 g/mol. The van der Waals surface area contributed by atoms with E-state index in [2.05, 4.69) is 10.2 Å². The van der Waals surface area contributed by atoms with Crippen molar-refractivity contribution in [1.82, 2.24) is 0 Å². The molecule has 0 atom stereocenters. The lowest BCUT2D eigenvalue weighted by Crippen LogP contribution is -1.95. The predicted molar refractivity (Wildman–Crippen MR) is 70.4 cm³/mol. The zero-order valence-electron chi connectivity index (χ0n) is 10.2. The van der Waals surface area contributed by atoms with Gasteiger partial charge in [0.25, 0.3) is 0 Å². The smallest absolute Gasteiger partial charge is 0.339 e. The molecule has 0 heterocycles. The minimum Gasteiger partial charge on any atom is -0.507 e. The highest BCUT2D eigenvalue weighted by Gasteiger charge is 2.09. The van der Waals surface area contributed by atoms with Gasteiger partial charge in [0.1, 0.15) is 11.3 Å². The van der Waals surface area contributed by atoms with Gasteiger partial charge in [0.2, 0.25) is 0 Å². The lowest BCUT2D eigenvalue weighted by Gasteiger charge is -2.00. The summed E-state index contributed by atoms with van der Waals surface area (Å²) in [6.07, 6.45) is 0. The molecule has 0 radical (unpaired) electrons. The van der Waals surface area contributed by atoms with Crippen molar-refractivity contribution in [3.8, 4) is 5.75 Å². The zero-order chi connectivity index (χ0) is 13.8. The predicted octanol–water partition coefficient (Wildman–Crippen LogP) is 3.81. The number of carbonyl (C=O) groups is 1. The molecule has 0 aliphatic rings. The summed E-state index contributed by atoms with van der Waals surface area (Å²) in [5, 5.41) is 26.2. The Kier molecular flexibility index (Phi) is 3.56. The maximum absolute atomic E-state index is 10.9. The summed E-state index contributed by atoms with van der Waals surface area (Å²) in [6, 6.07) is 11.5. The van der Waals surface area contributed by atoms with Crippen LogP contribution in [0.5, 0.6) is 5.75 Å². The fraction of sp³-hybridized carbons (Fsp3) is 0.0714. The van der Waals surface area contributed by atoms with Crippen molar-refractivity contribution >= 4 is 17.3 Å². The molecule has 19 heavy (non-hydrogen) atoms. The number of hydrogen-bond donors (Lipinski definition) is 2. The number of benzene rings is 2. The van der Waals surface area contributed by atoms with E-state index in [-0.39, 0.29) is 11.3 Å². The van der Waals surface area contributed by atoms with Crippen LogP contribution >= 0.6 is 0 Å². The summed E-state index contributed by atoms with van der Waals surface area (Å²) in [6.45, 7) is 1.97. The normalized spacial score (nSPS) is 10.8. The first-order valence-corrected chi connectivity index (χ1v) is 5.61. The van der Waals surface area contributed by atoms with Crippen molar-refractivity contribution in [2.75, 3.05) is 0 Å². The van der Waals surface area contributed by atoms with Crippen LogP contribution in [-0.4, -0.2) is 16.2 Å². The van der Waals surface area contributed by atoms with E-state index in [9.17, 15) is 9.90 Å². The largest absolute Gasteiger partial charge is 0.507 e. The van der Waals surface area contributed by atoms with Crippen LogP contribution in [0.15, 0.2) is 52.7 Å². The Morgan fingerprint density at radius 2 is 1.58 bits per heavy atom. The van der Waals surface area contributed by atoms with Gasteiger partial charge in [0.15, 0.2) is 0 Å². The fourth-order valence-corrected chi connectivity index (χ4v) is 1.48. The van der Waals surface area contributed by atoms with Crippen LogP contribution in [0.3, 0.4) is 0 Å². The fourth-order valence-electron chi connectivity index (χ4n) is 1.48. The Balaban J connectivity index is 2.26. The third-order valence-electron chi connectivity index (χ3n) is 2.53. The molecule has 0 spiro atoms. The summed E-state index contributed by atoms with van der Waals surface area (Å²) in [5.41, 5.74) is 1.98. The van der Waals surface area contributed by atoms with Gasteiger partial charge in [-0.05, 0) is 37.3 Å². The van der Waals surface area contributed by atoms with Crippen LogP contribution in [0.1, 0.15) is 15.9 Å². The number of hydrogen-bond acceptors (Lipinski definition) is 4. The monoisotopic (exact) mass is 256 g/mol.